The van der Waals surface area contributed by atoms with E-state index >= 15 is 0 Å². The molecule has 0 radical (unpaired) electrons. The molecule has 10 heteroatoms. The Bertz CT molecular complexity index is 131. The molecular formula is C7H26O7Si3. The van der Waals surface area contributed by atoms with Gasteiger partial charge in [0.15, 0.2) is 0 Å². The number of rotatable bonds is 9. The molecule has 0 aromatic carbocycles. The molecule has 0 fully saturated rings. The Morgan fingerprint density at radius 1 is 0.471 bits per heavy atom. The van der Waals surface area contributed by atoms with E-state index in [0.717, 1.165) is 0 Å². The lowest BCUT2D eigenvalue weighted by Crippen LogP contribution is -2.41. The van der Waals surface area contributed by atoms with Crippen molar-refractivity contribution in [1.82, 2.24) is 0 Å². The Hall–Kier alpha value is 0.371. The third kappa shape index (κ3) is 10.0. The van der Waals surface area contributed by atoms with Gasteiger partial charge >= 0.3 is 28.6 Å². The van der Waals surface area contributed by atoms with Crippen LogP contribution in [0.4, 0.5) is 0 Å². The van der Waals surface area contributed by atoms with Crippen molar-refractivity contribution >= 4 is 28.6 Å². The summed E-state index contributed by atoms with van der Waals surface area (Å²) in [7, 11) is 1.04. The van der Waals surface area contributed by atoms with E-state index < -0.39 is 28.6 Å². The molecule has 17 heavy (non-hydrogen) atoms. The molecule has 0 bridgehead atoms. The van der Waals surface area contributed by atoms with E-state index in [1.165, 1.54) is 35.5 Å². The first kappa shape index (κ1) is 22.5. The zero-order valence-electron chi connectivity index (χ0n) is 9.59. The fourth-order valence-corrected chi connectivity index (χ4v) is 6.08. The largest absolute Gasteiger partial charge is 0.476 e. The summed E-state index contributed by atoms with van der Waals surface area (Å²) in [5.74, 6) is 0. The predicted octanol–water partition coefficient (Wildman–Crippen LogP) is -0.325. The van der Waals surface area contributed by atoms with E-state index in [9.17, 15) is 0 Å². The molecule has 0 N–H and O–H groups in total. The minimum absolute atomic E-state index is 0. The summed E-state index contributed by atoms with van der Waals surface area (Å²) in [5, 5.41) is 0. The SMILES string of the molecule is C.C.CO[SiH](OC)O[SiH](OC)O[SiH](OC)OC. The van der Waals surface area contributed by atoms with Gasteiger partial charge in [0.1, 0.15) is 0 Å². The van der Waals surface area contributed by atoms with Gasteiger partial charge in [0.05, 0.1) is 0 Å². The van der Waals surface area contributed by atoms with Crippen LogP contribution in [0.1, 0.15) is 14.9 Å². The van der Waals surface area contributed by atoms with Crippen LogP contribution < -0.4 is 0 Å². The van der Waals surface area contributed by atoms with Gasteiger partial charge in [-0.15, -0.1) is 0 Å². The van der Waals surface area contributed by atoms with Crippen molar-refractivity contribution in [3.63, 3.8) is 0 Å². The fraction of sp³-hybridized carbons (Fsp3) is 1.00. The molecule has 0 unspecified atom stereocenters. The van der Waals surface area contributed by atoms with Crippen molar-refractivity contribution in [2.45, 2.75) is 14.9 Å². The average Bonchev–Trinajstić information content (AvgIpc) is 2.30. The van der Waals surface area contributed by atoms with Crippen molar-refractivity contribution in [2.24, 2.45) is 0 Å². The fourth-order valence-electron chi connectivity index (χ4n) is 0.739. The second kappa shape index (κ2) is 14.4. The minimum Gasteiger partial charge on any atom is -0.380 e. The minimum atomic E-state index is -2.28. The summed E-state index contributed by atoms with van der Waals surface area (Å²) in [5.41, 5.74) is 0. The van der Waals surface area contributed by atoms with Gasteiger partial charge in [-0.3, -0.25) is 0 Å². The average molecular weight is 307 g/mol. The van der Waals surface area contributed by atoms with Gasteiger partial charge in [-0.2, -0.15) is 0 Å². The molecule has 108 valence electrons. The highest BCUT2D eigenvalue weighted by Crippen LogP contribution is 1.99. The summed E-state index contributed by atoms with van der Waals surface area (Å²) in [6.07, 6.45) is 0. The molecule has 0 amide bonds. The van der Waals surface area contributed by atoms with Crippen LogP contribution in [0.5, 0.6) is 0 Å². The highest BCUT2D eigenvalue weighted by molar-refractivity contribution is 6.58. The van der Waals surface area contributed by atoms with Crippen LogP contribution in [0.25, 0.3) is 0 Å². The molecule has 0 aliphatic rings. The first-order chi connectivity index (χ1) is 7.21. The van der Waals surface area contributed by atoms with E-state index in [2.05, 4.69) is 0 Å². The van der Waals surface area contributed by atoms with E-state index in [4.69, 9.17) is 30.4 Å². The molecule has 0 heterocycles. The Kier molecular flexibility index (Phi) is 19.1. The third-order valence-corrected chi connectivity index (χ3v) is 6.89. The maximum Gasteiger partial charge on any atom is 0.476 e. The van der Waals surface area contributed by atoms with Gasteiger partial charge in [0.2, 0.25) is 0 Å². The summed E-state index contributed by atoms with van der Waals surface area (Å²) >= 11 is 0. The monoisotopic (exact) mass is 306 g/mol. The summed E-state index contributed by atoms with van der Waals surface area (Å²) < 4.78 is 35.8. The molecule has 0 aliphatic carbocycles. The lowest BCUT2D eigenvalue weighted by atomic mass is 11.8. The highest BCUT2D eigenvalue weighted by atomic mass is 28.4. The van der Waals surface area contributed by atoms with Crippen LogP contribution in [0.3, 0.4) is 0 Å². The molecular weight excluding hydrogens is 280 g/mol. The van der Waals surface area contributed by atoms with Crippen molar-refractivity contribution < 1.29 is 30.4 Å². The van der Waals surface area contributed by atoms with Gasteiger partial charge in [-0.1, -0.05) is 14.9 Å². The Balaban J connectivity index is -0.000000980. The van der Waals surface area contributed by atoms with Crippen LogP contribution in [0, 0.1) is 0 Å². The van der Waals surface area contributed by atoms with E-state index in [1.54, 1.807) is 0 Å². The lowest BCUT2D eigenvalue weighted by molar-refractivity contribution is 0.123. The summed E-state index contributed by atoms with van der Waals surface area (Å²) in [6.45, 7) is 0. The second-order valence-electron chi connectivity index (χ2n) is 2.32. The molecule has 0 saturated heterocycles. The summed E-state index contributed by atoms with van der Waals surface area (Å²) in [4.78, 5) is 0. The van der Waals surface area contributed by atoms with Crippen LogP contribution in [-0.4, -0.2) is 64.1 Å². The maximum atomic E-state index is 5.40. The molecule has 0 aliphatic heterocycles. The first-order valence-corrected chi connectivity index (χ1v) is 8.41. The van der Waals surface area contributed by atoms with E-state index in [1.807, 2.05) is 0 Å². The molecule has 7 nitrogen and oxygen atoms in total. The first-order valence-electron chi connectivity index (χ1n) is 4.16. The van der Waals surface area contributed by atoms with Crippen molar-refractivity contribution in [3.8, 4) is 0 Å². The Morgan fingerprint density at radius 2 is 0.706 bits per heavy atom. The van der Waals surface area contributed by atoms with Crippen LogP contribution >= 0.6 is 0 Å². The molecule has 0 rings (SSSR count). The van der Waals surface area contributed by atoms with Gasteiger partial charge in [0.25, 0.3) is 0 Å². The highest BCUT2D eigenvalue weighted by Gasteiger charge is 2.27. The topological polar surface area (TPSA) is 64.6 Å². The van der Waals surface area contributed by atoms with Crippen LogP contribution in [-0.2, 0) is 30.4 Å². The van der Waals surface area contributed by atoms with Crippen LogP contribution in [0.15, 0.2) is 0 Å². The van der Waals surface area contributed by atoms with Crippen LogP contribution in [0.2, 0.25) is 0 Å². The smallest absolute Gasteiger partial charge is 0.380 e. The van der Waals surface area contributed by atoms with Crippen molar-refractivity contribution in [3.05, 3.63) is 0 Å². The molecule has 0 aromatic rings. The van der Waals surface area contributed by atoms with Crippen molar-refractivity contribution in [1.29, 1.82) is 0 Å². The standard InChI is InChI=1S/C5H18O7Si3.2CH4/c1-6-13(7-2)11-15(10-5)12-14(8-3)9-4;;/h13-15H,1-5H3;2*1H4. The molecule has 0 spiro atoms. The zero-order valence-corrected chi connectivity index (χ0v) is 13.1. The number of hydrogen-bond acceptors (Lipinski definition) is 7. The normalized spacial score (nSPS) is 10.6. The number of hydrogen-bond donors (Lipinski definition) is 0. The zero-order chi connectivity index (χ0) is 11.7. The van der Waals surface area contributed by atoms with E-state index in [0.29, 0.717) is 0 Å². The Labute approximate surface area is 110 Å². The molecule has 0 atom stereocenters. The molecule has 0 aromatic heterocycles. The van der Waals surface area contributed by atoms with Gasteiger partial charge in [-0.25, -0.2) is 0 Å². The van der Waals surface area contributed by atoms with Gasteiger partial charge in [0, 0.05) is 35.5 Å². The van der Waals surface area contributed by atoms with E-state index in [-0.39, 0.29) is 14.9 Å². The third-order valence-electron chi connectivity index (χ3n) is 1.41. The predicted molar refractivity (Wildman–Crippen MR) is 72.1 cm³/mol. The second-order valence-corrected chi connectivity index (χ2v) is 8.58. The Morgan fingerprint density at radius 3 is 0.882 bits per heavy atom. The quantitative estimate of drug-likeness (QED) is 0.541. The van der Waals surface area contributed by atoms with Gasteiger partial charge in [-0.05, 0) is 0 Å². The van der Waals surface area contributed by atoms with Gasteiger partial charge < -0.3 is 30.4 Å². The maximum absolute atomic E-state index is 5.40. The molecule has 0 saturated carbocycles. The van der Waals surface area contributed by atoms with Crippen molar-refractivity contribution in [2.75, 3.05) is 35.5 Å². The lowest BCUT2D eigenvalue weighted by Gasteiger charge is -2.21. The summed E-state index contributed by atoms with van der Waals surface area (Å²) in [6, 6.07) is 0.